The van der Waals surface area contributed by atoms with E-state index in [0.29, 0.717) is 17.3 Å². The van der Waals surface area contributed by atoms with E-state index >= 15 is 0 Å². The minimum Gasteiger partial charge on any atom is -0.394 e. The standard InChI is InChI=1S/C12H16BrNO3S/c1-9-3-4-11(10(13)7-9)18(16,17)14-12(8-15)5-2-6-12/h3-4,7,14-15H,2,5-6,8H2,1H3. The Morgan fingerprint density at radius 3 is 2.56 bits per heavy atom. The predicted octanol–water partition coefficient (Wildman–Crippen LogP) is 1.95. The first-order valence-corrected chi connectivity index (χ1v) is 8.07. The van der Waals surface area contributed by atoms with Crippen molar-refractivity contribution >= 4 is 26.0 Å². The van der Waals surface area contributed by atoms with Gasteiger partial charge in [0, 0.05) is 4.47 Å². The smallest absolute Gasteiger partial charge is 0.242 e. The molecule has 2 N–H and O–H groups in total. The molecule has 1 aromatic carbocycles. The van der Waals surface area contributed by atoms with E-state index < -0.39 is 15.6 Å². The Bertz CT molecular complexity index is 547. The van der Waals surface area contributed by atoms with Crippen molar-refractivity contribution in [2.45, 2.75) is 36.6 Å². The number of nitrogens with one attached hydrogen (secondary N) is 1. The number of halogens is 1. The summed E-state index contributed by atoms with van der Waals surface area (Å²) in [6.07, 6.45) is 2.32. The molecule has 1 aliphatic rings. The summed E-state index contributed by atoms with van der Waals surface area (Å²) in [5, 5.41) is 9.32. The topological polar surface area (TPSA) is 66.4 Å². The van der Waals surface area contributed by atoms with Crippen molar-refractivity contribution in [1.82, 2.24) is 4.72 Å². The summed E-state index contributed by atoms with van der Waals surface area (Å²) in [4.78, 5) is 0.216. The zero-order chi connectivity index (χ0) is 13.4. The number of hydrogen-bond acceptors (Lipinski definition) is 3. The second-order valence-electron chi connectivity index (χ2n) is 4.83. The van der Waals surface area contributed by atoms with Crippen molar-refractivity contribution < 1.29 is 13.5 Å². The molecule has 0 amide bonds. The van der Waals surface area contributed by atoms with Gasteiger partial charge in [0.2, 0.25) is 10.0 Å². The van der Waals surface area contributed by atoms with Gasteiger partial charge in [-0.05, 0) is 59.8 Å². The number of aliphatic hydroxyl groups is 1. The average molecular weight is 334 g/mol. The molecule has 1 aromatic rings. The van der Waals surface area contributed by atoms with Crippen LogP contribution in [0, 0.1) is 6.92 Å². The first-order chi connectivity index (χ1) is 8.38. The monoisotopic (exact) mass is 333 g/mol. The van der Waals surface area contributed by atoms with Gasteiger partial charge in [-0.15, -0.1) is 0 Å². The fourth-order valence-electron chi connectivity index (χ4n) is 2.06. The van der Waals surface area contributed by atoms with Crippen LogP contribution in [0.1, 0.15) is 24.8 Å². The van der Waals surface area contributed by atoms with Crippen LogP contribution < -0.4 is 4.72 Å². The number of aryl methyl sites for hydroxylation is 1. The summed E-state index contributed by atoms with van der Waals surface area (Å²) in [5.74, 6) is 0. The highest BCUT2D eigenvalue weighted by molar-refractivity contribution is 9.10. The minimum atomic E-state index is -3.60. The van der Waals surface area contributed by atoms with E-state index in [1.54, 1.807) is 18.2 Å². The van der Waals surface area contributed by atoms with Crippen LogP contribution in [0.4, 0.5) is 0 Å². The molecule has 0 heterocycles. The number of hydrogen-bond donors (Lipinski definition) is 2. The Hall–Kier alpha value is -0.430. The van der Waals surface area contributed by atoms with E-state index in [1.807, 2.05) is 6.92 Å². The fraction of sp³-hybridized carbons (Fsp3) is 0.500. The molecule has 0 spiro atoms. The van der Waals surface area contributed by atoms with Crippen molar-refractivity contribution in [2.75, 3.05) is 6.61 Å². The van der Waals surface area contributed by atoms with E-state index in [-0.39, 0.29) is 11.5 Å². The van der Waals surface area contributed by atoms with Gasteiger partial charge in [0.05, 0.1) is 17.0 Å². The number of benzene rings is 1. The highest BCUT2D eigenvalue weighted by Gasteiger charge is 2.40. The van der Waals surface area contributed by atoms with Crippen molar-refractivity contribution in [3.8, 4) is 0 Å². The molecular weight excluding hydrogens is 318 g/mol. The number of sulfonamides is 1. The molecule has 0 bridgehead atoms. The van der Waals surface area contributed by atoms with Crippen LogP contribution in [-0.2, 0) is 10.0 Å². The molecule has 6 heteroatoms. The third-order valence-corrected chi connectivity index (χ3v) is 5.90. The third kappa shape index (κ3) is 2.61. The molecule has 2 rings (SSSR count). The van der Waals surface area contributed by atoms with E-state index in [4.69, 9.17) is 0 Å². The number of rotatable bonds is 4. The largest absolute Gasteiger partial charge is 0.394 e. The minimum absolute atomic E-state index is 0.157. The van der Waals surface area contributed by atoms with Gasteiger partial charge in [0.25, 0.3) is 0 Å². The van der Waals surface area contributed by atoms with Gasteiger partial charge >= 0.3 is 0 Å². The van der Waals surface area contributed by atoms with Crippen molar-refractivity contribution in [1.29, 1.82) is 0 Å². The van der Waals surface area contributed by atoms with Crippen LogP contribution in [0.15, 0.2) is 27.6 Å². The predicted molar refractivity (Wildman–Crippen MR) is 72.9 cm³/mol. The molecule has 1 aliphatic carbocycles. The summed E-state index contributed by atoms with van der Waals surface area (Å²) >= 11 is 3.27. The molecular formula is C12H16BrNO3S. The SMILES string of the molecule is Cc1ccc(S(=O)(=O)NC2(CO)CCC2)c(Br)c1. The lowest BCUT2D eigenvalue weighted by Gasteiger charge is -2.40. The molecule has 0 unspecified atom stereocenters. The van der Waals surface area contributed by atoms with Gasteiger partial charge in [-0.2, -0.15) is 0 Å². The summed E-state index contributed by atoms with van der Waals surface area (Å²) < 4.78 is 27.7. The van der Waals surface area contributed by atoms with Crippen molar-refractivity contribution in [3.63, 3.8) is 0 Å². The molecule has 0 radical (unpaired) electrons. The van der Waals surface area contributed by atoms with E-state index in [2.05, 4.69) is 20.7 Å². The molecule has 4 nitrogen and oxygen atoms in total. The average Bonchev–Trinajstić information content (AvgIpc) is 2.23. The van der Waals surface area contributed by atoms with E-state index in [9.17, 15) is 13.5 Å². The Labute approximate surface area is 116 Å². The lowest BCUT2D eigenvalue weighted by atomic mass is 9.78. The molecule has 1 saturated carbocycles. The van der Waals surface area contributed by atoms with Crippen LogP contribution in [0.25, 0.3) is 0 Å². The first kappa shape index (κ1) is 14.0. The Kier molecular flexibility index (Phi) is 3.82. The molecule has 100 valence electrons. The highest BCUT2D eigenvalue weighted by Crippen LogP contribution is 2.34. The van der Waals surface area contributed by atoms with Crippen LogP contribution in [0.2, 0.25) is 0 Å². The molecule has 1 fully saturated rings. The zero-order valence-electron chi connectivity index (χ0n) is 10.1. The van der Waals surface area contributed by atoms with Gasteiger partial charge < -0.3 is 5.11 Å². The van der Waals surface area contributed by atoms with Gasteiger partial charge in [-0.3, -0.25) is 0 Å². The number of aliphatic hydroxyl groups excluding tert-OH is 1. The lowest BCUT2D eigenvalue weighted by molar-refractivity contribution is 0.110. The Balaban J connectivity index is 2.31. The Morgan fingerprint density at radius 2 is 2.11 bits per heavy atom. The van der Waals surface area contributed by atoms with Crippen LogP contribution in [-0.4, -0.2) is 25.7 Å². The summed E-state index contributed by atoms with van der Waals surface area (Å²) in [5.41, 5.74) is 0.324. The van der Waals surface area contributed by atoms with E-state index in [1.165, 1.54) is 0 Å². The van der Waals surface area contributed by atoms with Gasteiger partial charge in [0.1, 0.15) is 0 Å². The van der Waals surface area contributed by atoms with Gasteiger partial charge in [-0.25, -0.2) is 13.1 Å². The van der Waals surface area contributed by atoms with E-state index in [0.717, 1.165) is 12.0 Å². The molecule has 0 aliphatic heterocycles. The summed E-state index contributed by atoms with van der Waals surface area (Å²) in [6, 6.07) is 5.10. The highest BCUT2D eigenvalue weighted by atomic mass is 79.9. The maximum Gasteiger partial charge on any atom is 0.242 e. The molecule has 0 aromatic heterocycles. The first-order valence-electron chi connectivity index (χ1n) is 5.80. The second-order valence-corrected chi connectivity index (χ2v) is 7.34. The summed E-state index contributed by atoms with van der Waals surface area (Å²) in [6.45, 7) is 1.74. The Morgan fingerprint density at radius 1 is 1.44 bits per heavy atom. The maximum atomic E-state index is 12.3. The fourth-order valence-corrected chi connectivity index (χ4v) is 4.70. The molecule has 0 atom stereocenters. The molecule has 0 saturated heterocycles. The quantitative estimate of drug-likeness (QED) is 0.884. The van der Waals surface area contributed by atoms with Crippen LogP contribution >= 0.6 is 15.9 Å². The summed E-state index contributed by atoms with van der Waals surface area (Å²) in [7, 11) is -3.60. The van der Waals surface area contributed by atoms with Gasteiger partial charge in [-0.1, -0.05) is 6.07 Å². The van der Waals surface area contributed by atoms with Crippen LogP contribution in [0.5, 0.6) is 0 Å². The maximum absolute atomic E-state index is 12.3. The van der Waals surface area contributed by atoms with Crippen LogP contribution in [0.3, 0.4) is 0 Å². The van der Waals surface area contributed by atoms with Crippen molar-refractivity contribution in [3.05, 3.63) is 28.2 Å². The third-order valence-electron chi connectivity index (χ3n) is 3.34. The van der Waals surface area contributed by atoms with Gasteiger partial charge in [0.15, 0.2) is 0 Å². The lowest BCUT2D eigenvalue weighted by Crippen LogP contribution is -2.56. The normalized spacial score (nSPS) is 18.4. The second kappa shape index (κ2) is 4.92. The van der Waals surface area contributed by atoms with Crippen molar-refractivity contribution in [2.24, 2.45) is 0 Å². The molecule has 18 heavy (non-hydrogen) atoms. The zero-order valence-corrected chi connectivity index (χ0v) is 12.5.